The fraction of sp³-hybridized carbons (Fsp3) is 0.316. The van der Waals surface area contributed by atoms with E-state index in [0.717, 1.165) is 12.8 Å². The molecule has 0 saturated heterocycles. The van der Waals surface area contributed by atoms with Crippen LogP contribution in [-0.4, -0.2) is 11.9 Å². The zero-order valence-electron chi connectivity index (χ0n) is 13.7. The lowest BCUT2D eigenvalue weighted by molar-refractivity contribution is 0.100. The molecule has 0 fully saturated rings. The molecule has 124 valence electrons. The molecule has 0 radical (unpaired) electrons. The molecule has 1 amide bonds. The molecular weight excluding hydrogens is 308 g/mol. The number of carbonyl (C=O) groups is 1. The molecule has 0 heterocycles. The number of hydrogen-bond acceptors (Lipinski definition) is 2. The van der Waals surface area contributed by atoms with E-state index in [-0.39, 0.29) is 18.3 Å². The summed E-state index contributed by atoms with van der Waals surface area (Å²) in [6.07, 6.45) is 2.03. The zero-order valence-corrected chi connectivity index (χ0v) is 14.5. The van der Waals surface area contributed by atoms with Gasteiger partial charge < -0.3 is 11.1 Å². The summed E-state index contributed by atoms with van der Waals surface area (Å²) in [7, 11) is 0. The van der Waals surface area contributed by atoms with Gasteiger partial charge in [0.05, 0.1) is 0 Å². The van der Waals surface area contributed by atoms with E-state index in [1.54, 1.807) is 12.1 Å². The van der Waals surface area contributed by atoms with E-state index >= 15 is 0 Å². The molecule has 2 aromatic carbocycles. The van der Waals surface area contributed by atoms with E-state index in [0.29, 0.717) is 17.6 Å². The van der Waals surface area contributed by atoms with Crippen LogP contribution >= 0.6 is 12.4 Å². The van der Waals surface area contributed by atoms with E-state index in [2.05, 4.69) is 43.4 Å². The highest BCUT2D eigenvalue weighted by atomic mass is 35.5. The Kier molecular flexibility index (Phi) is 7.79. The molecule has 2 atom stereocenters. The Balaban J connectivity index is 0.00000264. The molecule has 0 saturated carbocycles. The summed E-state index contributed by atoms with van der Waals surface area (Å²) in [5, 5.41) is 3.62. The molecule has 23 heavy (non-hydrogen) atoms. The van der Waals surface area contributed by atoms with Crippen LogP contribution in [0.3, 0.4) is 0 Å². The van der Waals surface area contributed by atoms with Crippen LogP contribution in [0.25, 0.3) is 0 Å². The van der Waals surface area contributed by atoms with Crippen molar-refractivity contribution in [2.75, 3.05) is 0 Å². The highest BCUT2D eigenvalue weighted by molar-refractivity contribution is 5.92. The summed E-state index contributed by atoms with van der Waals surface area (Å²) >= 11 is 0. The van der Waals surface area contributed by atoms with E-state index < -0.39 is 0 Å². The first-order valence-electron chi connectivity index (χ1n) is 7.76. The third-order valence-electron chi connectivity index (χ3n) is 3.94. The summed E-state index contributed by atoms with van der Waals surface area (Å²) in [6, 6.07) is 18.8. The molecule has 2 rings (SSSR count). The summed E-state index contributed by atoms with van der Waals surface area (Å²) in [5.74, 6) is -0.377. The zero-order chi connectivity index (χ0) is 15.9. The summed E-state index contributed by atoms with van der Waals surface area (Å²) in [4.78, 5) is 11.0. The first kappa shape index (κ1) is 19.2. The number of amides is 1. The van der Waals surface area contributed by atoms with Crippen molar-refractivity contribution in [2.45, 2.75) is 38.8 Å². The largest absolute Gasteiger partial charge is 0.366 e. The average molecular weight is 333 g/mol. The predicted octanol–water partition coefficient (Wildman–Crippen LogP) is 3.88. The fourth-order valence-corrected chi connectivity index (χ4v) is 2.57. The van der Waals surface area contributed by atoms with Gasteiger partial charge in [0.15, 0.2) is 0 Å². The Morgan fingerprint density at radius 1 is 1.04 bits per heavy atom. The van der Waals surface area contributed by atoms with Gasteiger partial charge in [0.2, 0.25) is 5.91 Å². The number of aryl methyl sites for hydroxylation is 1. The third-order valence-corrected chi connectivity index (χ3v) is 3.94. The lowest BCUT2D eigenvalue weighted by Gasteiger charge is -2.20. The van der Waals surface area contributed by atoms with Gasteiger partial charge in [-0.15, -0.1) is 12.4 Å². The van der Waals surface area contributed by atoms with Gasteiger partial charge in [-0.25, -0.2) is 0 Å². The fourth-order valence-electron chi connectivity index (χ4n) is 2.57. The molecule has 3 nitrogen and oxygen atoms in total. The molecule has 0 spiro atoms. The molecular formula is C19H25ClN2O. The number of nitrogens with two attached hydrogens (primary N) is 1. The van der Waals surface area contributed by atoms with Gasteiger partial charge in [0.1, 0.15) is 0 Å². The number of benzene rings is 2. The average Bonchev–Trinajstić information content (AvgIpc) is 2.54. The number of halogens is 1. The van der Waals surface area contributed by atoms with Crippen molar-refractivity contribution in [3.63, 3.8) is 0 Å². The lowest BCUT2D eigenvalue weighted by atomic mass is 10.0. The first-order chi connectivity index (χ1) is 10.6. The maximum absolute atomic E-state index is 11.0. The normalized spacial score (nSPS) is 13.0. The quantitative estimate of drug-likeness (QED) is 0.808. The highest BCUT2D eigenvalue weighted by Crippen LogP contribution is 2.14. The second-order valence-corrected chi connectivity index (χ2v) is 5.80. The topological polar surface area (TPSA) is 55.1 Å². The van der Waals surface area contributed by atoms with Crippen molar-refractivity contribution in [2.24, 2.45) is 5.73 Å². The van der Waals surface area contributed by atoms with E-state index in [4.69, 9.17) is 5.73 Å². The van der Waals surface area contributed by atoms with E-state index in [1.165, 1.54) is 11.1 Å². The monoisotopic (exact) mass is 332 g/mol. The summed E-state index contributed by atoms with van der Waals surface area (Å²) in [5.41, 5.74) is 8.34. The van der Waals surface area contributed by atoms with Gasteiger partial charge in [0.25, 0.3) is 0 Å². The first-order valence-corrected chi connectivity index (χ1v) is 7.76. The molecule has 0 aliphatic rings. The van der Waals surface area contributed by atoms with Crippen LogP contribution in [0.2, 0.25) is 0 Å². The molecule has 0 bridgehead atoms. The second kappa shape index (κ2) is 9.33. The Bertz CT molecular complexity index is 599. The Labute approximate surface area is 144 Å². The van der Waals surface area contributed by atoms with Crippen LogP contribution in [0.4, 0.5) is 0 Å². The molecule has 3 N–H and O–H groups in total. The molecule has 0 unspecified atom stereocenters. The molecule has 0 aromatic heterocycles. The second-order valence-electron chi connectivity index (χ2n) is 5.80. The number of primary amides is 1. The van der Waals surface area contributed by atoms with Gasteiger partial charge in [0, 0.05) is 17.6 Å². The van der Waals surface area contributed by atoms with Gasteiger partial charge in [-0.05, 0) is 49.9 Å². The minimum Gasteiger partial charge on any atom is -0.366 e. The number of rotatable bonds is 7. The minimum atomic E-state index is -0.377. The van der Waals surface area contributed by atoms with Crippen LogP contribution < -0.4 is 11.1 Å². The number of hydrogen-bond donors (Lipinski definition) is 2. The van der Waals surface area contributed by atoms with Crippen LogP contribution in [-0.2, 0) is 6.42 Å². The number of nitrogens with one attached hydrogen (secondary N) is 1. The van der Waals surface area contributed by atoms with Crippen molar-refractivity contribution < 1.29 is 4.79 Å². The van der Waals surface area contributed by atoms with Crippen molar-refractivity contribution >= 4 is 18.3 Å². The van der Waals surface area contributed by atoms with Crippen LogP contribution in [0.5, 0.6) is 0 Å². The highest BCUT2D eigenvalue weighted by Gasteiger charge is 2.09. The van der Waals surface area contributed by atoms with Crippen molar-refractivity contribution in [3.8, 4) is 0 Å². The Hall–Kier alpha value is -1.84. The number of carbonyl (C=O) groups excluding carboxylic acids is 1. The van der Waals surface area contributed by atoms with E-state index in [9.17, 15) is 4.79 Å². The van der Waals surface area contributed by atoms with Crippen molar-refractivity contribution in [1.82, 2.24) is 5.32 Å². The van der Waals surface area contributed by atoms with Crippen LogP contribution in [0.15, 0.2) is 54.6 Å². The maximum atomic E-state index is 11.0. The van der Waals surface area contributed by atoms with Gasteiger partial charge in [-0.1, -0.05) is 42.5 Å². The van der Waals surface area contributed by atoms with Gasteiger partial charge in [-0.2, -0.15) is 0 Å². The van der Waals surface area contributed by atoms with Gasteiger partial charge in [-0.3, -0.25) is 4.79 Å². The Morgan fingerprint density at radius 2 is 1.65 bits per heavy atom. The maximum Gasteiger partial charge on any atom is 0.248 e. The lowest BCUT2D eigenvalue weighted by Crippen LogP contribution is -2.29. The standard InChI is InChI=1S/C19H24N2O.ClH/c1-14(21-15(2)17-6-4-3-5-7-17)8-9-16-10-12-18(13-11-16)19(20)22;/h3-7,10-15,21H,8-9H2,1-2H3,(H2,20,22);1H/t14-,15-;/m1./s1. The van der Waals surface area contributed by atoms with Crippen molar-refractivity contribution in [3.05, 3.63) is 71.3 Å². The van der Waals surface area contributed by atoms with E-state index in [1.807, 2.05) is 18.2 Å². The van der Waals surface area contributed by atoms with Crippen LogP contribution in [0.1, 0.15) is 47.8 Å². The minimum absolute atomic E-state index is 0. The van der Waals surface area contributed by atoms with Gasteiger partial charge >= 0.3 is 0 Å². The SMILES string of the molecule is C[C@H](CCc1ccc(C(N)=O)cc1)N[C@H](C)c1ccccc1.Cl. The third kappa shape index (κ3) is 6.05. The van der Waals surface area contributed by atoms with Crippen molar-refractivity contribution in [1.29, 1.82) is 0 Å². The smallest absolute Gasteiger partial charge is 0.248 e. The summed E-state index contributed by atoms with van der Waals surface area (Å²) < 4.78 is 0. The van der Waals surface area contributed by atoms with Crippen LogP contribution in [0, 0.1) is 0 Å². The predicted molar refractivity (Wildman–Crippen MR) is 98.0 cm³/mol. The Morgan fingerprint density at radius 3 is 2.22 bits per heavy atom. The molecule has 0 aliphatic carbocycles. The molecule has 0 aliphatic heterocycles. The molecule has 4 heteroatoms. The summed E-state index contributed by atoms with van der Waals surface area (Å²) in [6.45, 7) is 4.39. The molecule has 2 aromatic rings.